The van der Waals surface area contributed by atoms with Crippen LogP contribution in [0.2, 0.25) is 0 Å². The van der Waals surface area contributed by atoms with Gasteiger partial charge in [-0.3, -0.25) is 14.5 Å². The molecule has 0 aliphatic rings. The van der Waals surface area contributed by atoms with Crippen LogP contribution in [0, 0.1) is 0 Å². The Balaban J connectivity index is 1.93. The predicted molar refractivity (Wildman–Crippen MR) is 105 cm³/mol. The number of benzene rings is 2. The van der Waals surface area contributed by atoms with E-state index < -0.39 is 0 Å². The summed E-state index contributed by atoms with van der Waals surface area (Å²) in [5.74, 6) is 0.491. The van der Waals surface area contributed by atoms with E-state index in [4.69, 9.17) is 4.74 Å². The van der Waals surface area contributed by atoms with E-state index in [1.54, 1.807) is 38.4 Å². The molecule has 0 atom stereocenters. The molecule has 0 heterocycles. The van der Waals surface area contributed by atoms with Gasteiger partial charge in [0.2, 0.25) is 5.91 Å². The molecule has 2 amide bonds. The number of hydrogen-bond acceptors (Lipinski definition) is 4. The molecule has 0 saturated heterocycles. The van der Waals surface area contributed by atoms with Crippen molar-refractivity contribution in [1.29, 1.82) is 0 Å². The summed E-state index contributed by atoms with van der Waals surface area (Å²) in [5.41, 5.74) is 2.19. The van der Waals surface area contributed by atoms with Gasteiger partial charge >= 0.3 is 0 Å². The summed E-state index contributed by atoms with van der Waals surface area (Å²) >= 11 is 3.45. The number of nitrogens with one attached hydrogen (secondary N) is 2. The Morgan fingerprint density at radius 3 is 2.46 bits per heavy atom. The van der Waals surface area contributed by atoms with Gasteiger partial charge in [-0.2, -0.15) is 0 Å². The molecular formula is C19H22BrN3O3. The predicted octanol–water partition coefficient (Wildman–Crippen LogP) is 2.89. The average Bonchev–Trinajstić information content (AvgIpc) is 2.61. The number of carbonyl (C=O) groups excluding carboxylic acids is 2. The Bertz CT molecular complexity index is 778. The maximum Gasteiger partial charge on any atom is 0.251 e. The second kappa shape index (κ2) is 9.35. The normalized spacial score (nSPS) is 10.5. The van der Waals surface area contributed by atoms with Crippen LogP contribution < -0.4 is 15.4 Å². The third-order valence-electron chi connectivity index (χ3n) is 3.75. The molecule has 26 heavy (non-hydrogen) atoms. The van der Waals surface area contributed by atoms with E-state index in [0.717, 1.165) is 15.8 Å². The Labute approximate surface area is 161 Å². The van der Waals surface area contributed by atoms with Crippen molar-refractivity contribution < 1.29 is 14.3 Å². The molecule has 0 unspecified atom stereocenters. The van der Waals surface area contributed by atoms with Crippen molar-refractivity contribution in [3.63, 3.8) is 0 Å². The van der Waals surface area contributed by atoms with E-state index in [1.807, 2.05) is 30.1 Å². The smallest absolute Gasteiger partial charge is 0.251 e. The molecule has 138 valence electrons. The summed E-state index contributed by atoms with van der Waals surface area (Å²) in [6.07, 6.45) is 0. The highest BCUT2D eigenvalue weighted by atomic mass is 79.9. The van der Waals surface area contributed by atoms with Gasteiger partial charge in [0.05, 0.1) is 13.7 Å². The van der Waals surface area contributed by atoms with Crippen LogP contribution in [0.1, 0.15) is 15.9 Å². The third-order valence-corrected chi connectivity index (χ3v) is 4.25. The van der Waals surface area contributed by atoms with Gasteiger partial charge in [0.1, 0.15) is 5.75 Å². The zero-order valence-electron chi connectivity index (χ0n) is 15.0. The Morgan fingerprint density at radius 1 is 1.15 bits per heavy atom. The SMILES string of the molecule is CNC(=O)c1ccc(NC(=O)CN(C)Cc2cc(Br)ccc2OC)cc1. The Morgan fingerprint density at radius 2 is 1.85 bits per heavy atom. The van der Waals surface area contributed by atoms with Crippen LogP contribution in [0.15, 0.2) is 46.9 Å². The lowest BCUT2D eigenvalue weighted by atomic mass is 10.2. The second-order valence-corrected chi connectivity index (χ2v) is 6.75. The van der Waals surface area contributed by atoms with E-state index in [9.17, 15) is 9.59 Å². The fourth-order valence-corrected chi connectivity index (χ4v) is 2.92. The van der Waals surface area contributed by atoms with Gasteiger partial charge in [-0.05, 0) is 49.5 Å². The zero-order valence-corrected chi connectivity index (χ0v) is 16.6. The van der Waals surface area contributed by atoms with E-state index >= 15 is 0 Å². The number of carbonyl (C=O) groups is 2. The third kappa shape index (κ3) is 5.57. The highest BCUT2D eigenvalue weighted by Gasteiger charge is 2.11. The van der Waals surface area contributed by atoms with Crippen molar-refractivity contribution in [3.05, 3.63) is 58.1 Å². The van der Waals surface area contributed by atoms with Crippen molar-refractivity contribution in [2.45, 2.75) is 6.54 Å². The number of ether oxygens (including phenoxy) is 1. The van der Waals surface area contributed by atoms with E-state index in [0.29, 0.717) is 17.8 Å². The van der Waals surface area contributed by atoms with E-state index in [2.05, 4.69) is 26.6 Å². The summed E-state index contributed by atoms with van der Waals surface area (Å²) in [6.45, 7) is 0.804. The second-order valence-electron chi connectivity index (χ2n) is 5.83. The standard InChI is InChI=1S/C19H22BrN3O3/c1-21-19(25)13-4-7-16(8-5-13)22-18(24)12-23(2)11-14-10-15(20)6-9-17(14)26-3/h4-10H,11-12H2,1-3H3,(H,21,25)(H,22,24). The number of hydrogen-bond donors (Lipinski definition) is 2. The van der Waals surface area contributed by atoms with Crippen LogP contribution in [0.25, 0.3) is 0 Å². The minimum Gasteiger partial charge on any atom is -0.496 e. The maximum atomic E-state index is 12.2. The highest BCUT2D eigenvalue weighted by Crippen LogP contribution is 2.24. The van der Waals surface area contributed by atoms with Crippen molar-refractivity contribution in [1.82, 2.24) is 10.2 Å². The van der Waals surface area contributed by atoms with Gasteiger partial charge < -0.3 is 15.4 Å². The molecule has 0 radical (unpaired) electrons. The lowest BCUT2D eigenvalue weighted by molar-refractivity contribution is -0.117. The van der Waals surface area contributed by atoms with Crippen molar-refractivity contribution in [2.75, 3.05) is 33.1 Å². The number of amides is 2. The molecule has 0 bridgehead atoms. The van der Waals surface area contributed by atoms with Crippen molar-refractivity contribution in [3.8, 4) is 5.75 Å². The molecule has 7 heteroatoms. The number of rotatable bonds is 7. The van der Waals surface area contributed by atoms with Gasteiger partial charge in [0.25, 0.3) is 5.91 Å². The number of halogens is 1. The average molecular weight is 420 g/mol. The summed E-state index contributed by atoms with van der Waals surface area (Å²) in [5, 5.41) is 5.39. The van der Waals surface area contributed by atoms with Crippen LogP contribution in [-0.4, -0.2) is 44.5 Å². The Kier molecular flexibility index (Phi) is 7.17. The topological polar surface area (TPSA) is 70.7 Å². The van der Waals surface area contributed by atoms with Gasteiger partial charge in [-0.25, -0.2) is 0 Å². The molecule has 0 aliphatic heterocycles. The van der Waals surface area contributed by atoms with E-state index in [1.165, 1.54) is 0 Å². The molecule has 0 fully saturated rings. The summed E-state index contributed by atoms with van der Waals surface area (Å²) in [6, 6.07) is 12.5. The van der Waals surface area contributed by atoms with Crippen LogP contribution in [0.4, 0.5) is 5.69 Å². The molecule has 0 aliphatic carbocycles. The first-order chi connectivity index (χ1) is 12.4. The molecule has 0 saturated carbocycles. The fourth-order valence-electron chi connectivity index (χ4n) is 2.51. The minimum atomic E-state index is -0.162. The maximum absolute atomic E-state index is 12.2. The first-order valence-electron chi connectivity index (χ1n) is 8.06. The quantitative estimate of drug-likeness (QED) is 0.723. The van der Waals surface area contributed by atoms with Crippen LogP contribution in [-0.2, 0) is 11.3 Å². The number of likely N-dealkylation sites (N-methyl/N-ethyl adjacent to an activating group) is 1. The van der Waals surface area contributed by atoms with Crippen LogP contribution in [0.5, 0.6) is 5.75 Å². The van der Waals surface area contributed by atoms with Crippen molar-refractivity contribution in [2.24, 2.45) is 0 Å². The number of anilines is 1. The zero-order chi connectivity index (χ0) is 19.1. The van der Waals surface area contributed by atoms with Gasteiger partial charge in [0.15, 0.2) is 0 Å². The molecule has 0 aromatic heterocycles. The van der Waals surface area contributed by atoms with E-state index in [-0.39, 0.29) is 18.4 Å². The van der Waals surface area contributed by atoms with Gasteiger partial charge in [-0.1, -0.05) is 15.9 Å². The summed E-state index contributed by atoms with van der Waals surface area (Å²) in [7, 11) is 5.07. The fraction of sp³-hybridized carbons (Fsp3) is 0.263. The lowest BCUT2D eigenvalue weighted by Gasteiger charge is -2.18. The molecular weight excluding hydrogens is 398 g/mol. The van der Waals surface area contributed by atoms with Gasteiger partial charge in [-0.15, -0.1) is 0 Å². The monoisotopic (exact) mass is 419 g/mol. The first-order valence-corrected chi connectivity index (χ1v) is 8.85. The molecule has 2 rings (SSSR count). The number of nitrogens with zero attached hydrogens (tertiary/aromatic N) is 1. The summed E-state index contributed by atoms with van der Waals surface area (Å²) in [4.78, 5) is 25.7. The molecule has 2 aromatic rings. The lowest BCUT2D eigenvalue weighted by Crippen LogP contribution is -2.30. The molecule has 2 aromatic carbocycles. The molecule has 2 N–H and O–H groups in total. The Hall–Kier alpha value is -2.38. The molecule has 0 spiro atoms. The largest absolute Gasteiger partial charge is 0.496 e. The first kappa shape index (κ1) is 19.9. The molecule has 6 nitrogen and oxygen atoms in total. The van der Waals surface area contributed by atoms with Crippen LogP contribution >= 0.6 is 15.9 Å². The van der Waals surface area contributed by atoms with Crippen LogP contribution in [0.3, 0.4) is 0 Å². The van der Waals surface area contributed by atoms with Gasteiger partial charge in [0, 0.05) is 34.9 Å². The highest BCUT2D eigenvalue weighted by molar-refractivity contribution is 9.10. The minimum absolute atomic E-state index is 0.130. The summed E-state index contributed by atoms with van der Waals surface area (Å²) < 4.78 is 6.32. The number of methoxy groups -OCH3 is 1. The van der Waals surface area contributed by atoms with Crippen molar-refractivity contribution >= 4 is 33.4 Å².